The van der Waals surface area contributed by atoms with E-state index in [0.29, 0.717) is 0 Å². The molecule has 0 aromatic heterocycles. The monoisotopic (exact) mass is 158 g/mol. The number of terminal acetylenes is 1. The first-order chi connectivity index (χ1) is 5.74. The average molecular weight is 158 g/mol. The van der Waals surface area contributed by atoms with Crippen LogP contribution in [0, 0.1) is 26.2 Å². The van der Waals surface area contributed by atoms with Crippen molar-refractivity contribution in [3.8, 4) is 12.3 Å². The van der Waals surface area contributed by atoms with Crippen LogP contribution in [0.4, 0.5) is 0 Å². The van der Waals surface area contributed by atoms with Gasteiger partial charge in [-0.05, 0) is 37.0 Å². The molecular formula is C12H14. The summed E-state index contributed by atoms with van der Waals surface area (Å²) in [6.07, 6.45) is 7.03. The van der Waals surface area contributed by atoms with Crippen LogP contribution in [0.3, 0.4) is 0 Å². The van der Waals surface area contributed by atoms with Crippen LogP contribution < -0.4 is 0 Å². The Morgan fingerprint density at radius 2 is 2.00 bits per heavy atom. The van der Waals surface area contributed by atoms with Gasteiger partial charge in [0.25, 0.3) is 0 Å². The standard InChI is InChI=1S/C12H14/c1-4-5-6-12-8-7-10(2)11(3)9-12/h1,7-9H,5-6H2,2-3H3. The van der Waals surface area contributed by atoms with Crippen LogP contribution in [-0.4, -0.2) is 0 Å². The molecule has 0 N–H and O–H groups in total. The van der Waals surface area contributed by atoms with E-state index in [-0.39, 0.29) is 0 Å². The molecule has 0 radical (unpaired) electrons. The fourth-order valence-corrected chi connectivity index (χ4v) is 1.18. The maximum absolute atomic E-state index is 5.19. The summed E-state index contributed by atoms with van der Waals surface area (Å²) in [5.41, 5.74) is 4.04. The molecule has 0 saturated carbocycles. The maximum atomic E-state index is 5.19. The van der Waals surface area contributed by atoms with Crippen molar-refractivity contribution in [1.29, 1.82) is 0 Å². The summed E-state index contributed by atoms with van der Waals surface area (Å²) in [5.74, 6) is 2.65. The molecule has 0 spiro atoms. The molecule has 0 bridgehead atoms. The van der Waals surface area contributed by atoms with E-state index in [1.807, 2.05) is 0 Å². The van der Waals surface area contributed by atoms with Crippen LogP contribution in [0.25, 0.3) is 0 Å². The van der Waals surface area contributed by atoms with Gasteiger partial charge >= 0.3 is 0 Å². The highest BCUT2D eigenvalue weighted by Crippen LogP contribution is 2.10. The lowest BCUT2D eigenvalue weighted by Crippen LogP contribution is -1.87. The largest absolute Gasteiger partial charge is 0.120 e. The van der Waals surface area contributed by atoms with Gasteiger partial charge in [0.15, 0.2) is 0 Å². The molecule has 0 fully saturated rings. The van der Waals surface area contributed by atoms with Gasteiger partial charge in [-0.2, -0.15) is 0 Å². The third-order valence-corrected chi connectivity index (χ3v) is 2.13. The van der Waals surface area contributed by atoms with Crippen LogP contribution >= 0.6 is 0 Å². The quantitative estimate of drug-likeness (QED) is 0.580. The van der Waals surface area contributed by atoms with Crippen molar-refractivity contribution in [1.82, 2.24) is 0 Å². The fourth-order valence-electron chi connectivity index (χ4n) is 1.18. The minimum atomic E-state index is 0.836. The summed E-state index contributed by atoms with van der Waals surface area (Å²) < 4.78 is 0. The lowest BCUT2D eigenvalue weighted by molar-refractivity contribution is 1.02. The predicted octanol–water partition coefficient (Wildman–Crippen LogP) is 2.87. The molecule has 0 aliphatic rings. The van der Waals surface area contributed by atoms with E-state index < -0.39 is 0 Å². The average Bonchev–Trinajstić information content (AvgIpc) is 2.07. The van der Waals surface area contributed by atoms with Crippen molar-refractivity contribution < 1.29 is 0 Å². The third kappa shape index (κ3) is 2.13. The summed E-state index contributed by atoms with van der Waals surface area (Å²) in [5, 5.41) is 0. The summed E-state index contributed by atoms with van der Waals surface area (Å²) in [6.45, 7) is 4.26. The minimum Gasteiger partial charge on any atom is -0.120 e. The summed E-state index contributed by atoms with van der Waals surface area (Å²) in [7, 11) is 0. The van der Waals surface area contributed by atoms with Crippen LogP contribution in [0.1, 0.15) is 23.1 Å². The molecule has 1 aromatic carbocycles. The highest BCUT2D eigenvalue weighted by atomic mass is 14.0. The predicted molar refractivity (Wildman–Crippen MR) is 53.1 cm³/mol. The Balaban J connectivity index is 2.77. The molecule has 0 nitrogen and oxygen atoms in total. The van der Waals surface area contributed by atoms with Gasteiger partial charge in [-0.3, -0.25) is 0 Å². The van der Waals surface area contributed by atoms with E-state index in [1.54, 1.807) is 0 Å². The first-order valence-electron chi connectivity index (χ1n) is 4.23. The second-order valence-electron chi connectivity index (χ2n) is 3.12. The molecule has 0 unspecified atom stereocenters. The molecular weight excluding hydrogens is 144 g/mol. The highest BCUT2D eigenvalue weighted by molar-refractivity contribution is 5.30. The van der Waals surface area contributed by atoms with E-state index in [9.17, 15) is 0 Å². The Morgan fingerprint density at radius 3 is 2.58 bits per heavy atom. The molecule has 0 aliphatic heterocycles. The van der Waals surface area contributed by atoms with E-state index in [1.165, 1.54) is 16.7 Å². The van der Waals surface area contributed by atoms with Crippen molar-refractivity contribution in [3.63, 3.8) is 0 Å². The smallest absolute Gasteiger partial charge is 0.0127 e. The molecule has 0 heterocycles. The van der Waals surface area contributed by atoms with E-state index >= 15 is 0 Å². The number of rotatable bonds is 2. The third-order valence-electron chi connectivity index (χ3n) is 2.13. The lowest BCUT2D eigenvalue weighted by atomic mass is 10.0. The van der Waals surface area contributed by atoms with Gasteiger partial charge in [0.1, 0.15) is 0 Å². The van der Waals surface area contributed by atoms with Crippen LogP contribution in [0.5, 0.6) is 0 Å². The van der Waals surface area contributed by atoms with Crippen LogP contribution in [0.2, 0.25) is 0 Å². The number of benzene rings is 1. The molecule has 62 valence electrons. The van der Waals surface area contributed by atoms with Gasteiger partial charge in [-0.15, -0.1) is 12.3 Å². The number of hydrogen-bond donors (Lipinski definition) is 0. The van der Waals surface area contributed by atoms with Crippen molar-refractivity contribution in [2.24, 2.45) is 0 Å². The molecule has 0 aliphatic carbocycles. The van der Waals surface area contributed by atoms with Crippen molar-refractivity contribution in [3.05, 3.63) is 34.9 Å². The molecule has 0 saturated heterocycles. The Kier molecular flexibility index (Phi) is 2.94. The highest BCUT2D eigenvalue weighted by Gasteiger charge is 1.94. The fraction of sp³-hybridized carbons (Fsp3) is 0.333. The number of aryl methyl sites for hydroxylation is 3. The zero-order chi connectivity index (χ0) is 8.97. The topological polar surface area (TPSA) is 0 Å². The van der Waals surface area contributed by atoms with E-state index in [0.717, 1.165) is 12.8 Å². The van der Waals surface area contributed by atoms with Gasteiger partial charge in [-0.1, -0.05) is 18.2 Å². The van der Waals surface area contributed by atoms with Gasteiger partial charge in [-0.25, -0.2) is 0 Å². The van der Waals surface area contributed by atoms with Crippen molar-refractivity contribution in [2.45, 2.75) is 26.7 Å². The van der Waals surface area contributed by atoms with E-state index in [4.69, 9.17) is 6.42 Å². The Hall–Kier alpha value is -1.22. The molecule has 0 atom stereocenters. The second-order valence-corrected chi connectivity index (χ2v) is 3.12. The van der Waals surface area contributed by atoms with E-state index in [2.05, 4.69) is 38.0 Å². The first-order valence-corrected chi connectivity index (χ1v) is 4.23. The normalized spacial score (nSPS) is 9.42. The van der Waals surface area contributed by atoms with Gasteiger partial charge in [0, 0.05) is 6.42 Å². The Morgan fingerprint density at radius 1 is 1.25 bits per heavy atom. The number of hydrogen-bond acceptors (Lipinski definition) is 0. The summed E-state index contributed by atoms with van der Waals surface area (Å²) >= 11 is 0. The minimum absolute atomic E-state index is 0.836. The zero-order valence-electron chi connectivity index (χ0n) is 7.72. The van der Waals surface area contributed by atoms with Crippen molar-refractivity contribution >= 4 is 0 Å². The van der Waals surface area contributed by atoms with Crippen molar-refractivity contribution in [2.75, 3.05) is 0 Å². The zero-order valence-corrected chi connectivity index (χ0v) is 7.72. The summed E-state index contributed by atoms with van der Waals surface area (Å²) in [4.78, 5) is 0. The van der Waals surface area contributed by atoms with Crippen LogP contribution in [0.15, 0.2) is 18.2 Å². The molecule has 0 heteroatoms. The molecule has 0 amide bonds. The Bertz CT molecular complexity index is 302. The second kappa shape index (κ2) is 3.97. The molecule has 1 rings (SSSR count). The van der Waals surface area contributed by atoms with Gasteiger partial charge < -0.3 is 0 Å². The first kappa shape index (κ1) is 8.87. The Labute approximate surface area is 74.6 Å². The van der Waals surface area contributed by atoms with Crippen LogP contribution in [-0.2, 0) is 6.42 Å². The van der Waals surface area contributed by atoms with Gasteiger partial charge in [0.05, 0.1) is 0 Å². The lowest BCUT2D eigenvalue weighted by Gasteiger charge is -2.02. The summed E-state index contributed by atoms with van der Waals surface area (Å²) in [6, 6.07) is 6.52. The van der Waals surface area contributed by atoms with Gasteiger partial charge in [0.2, 0.25) is 0 Å². The molecule has 12 heavy (non-hydrogen) atoms. The maximum Gasteiger partial charge on any atom is 0.0127 e. The SMILES string of the molecule is C#CCCc1ccc(C)c(C)c1. The molecule has 1 aromatic rings.